The summed E-state index contributed by atoms with van der Waals surface area (Å²) in [6.07, 6.45) is 44.9. The molecule has 0 aromatic heterocycles. The highest BCUT2D eigenvalue weighted by atomic mass is 17.1. The Bertz CT molecular complexity index is 808. The van der Waals surface area contributed by atoms with Gasteiger partial charge in [-0.3, -0.25) is 4.79 Å². The summed E-state index contributed by atoms with van der Waals surface area (Å²) in [5.74, 6) is 0.312. The molecule has 0 fully saturated rings. The van der Waals surface area contributed by atoms with E-state index in [1.54, 1.807) is 7.11 Å². The van der Waals surface area contributed by atoms with E-state index in [9.17, 15) is 10.1 Å². The summed E-state index contributed by atoms with van der Waals surface area (Å²) >= 11 is 0. The van der Waals surface area contributed by atoms with Crippen LogP contribution in [0.5, 0.6) is 0 Å². The van der Waals surface area contributed by atoms with Crippen LogP contribution in [0.2, 0.25) is 0 Å². The largest absolute Gasteiger partial charge is 0.375 e. The fraction of sp³-hybridized carbons (Fsp3) is 0.980. The SMILES string of the molecule is CCCCCCC(CCCCCCCCCCC(OO)OC(CCCCCC)CCCCCCCCCCC(=O)C(CCC)(CCC)OC)OC(CCC)CCC. The van der Waals surface area contributed by atoms with Gasteiger partial charge in [0.1, 0.15) is 5.60 Å². The lowest BCUT2D eigenvalue weighted by atomic mass is 9.85. The van der Waals surface area contributed by atoms with Crippen molar-refractivity contribution in [3.63, 3.8) is 0 Å². The number of rotatable bonds is 47. The Hall–Kier alpha value is -0.530. The Morgan fingerprint density at radius 3 is 1.14 bits per heavy atom. The van der Waals surface area contributed by atoms with Crippen molar-refractivity contribution in [1.29, 1.82) is 0 Å². The molecule has 1 N–H and O–H groups in total. The maximum atomic E-state index is 13.0. The first-order valence-electron chi connectivity index (χ1n) is 25.6. The number of methoxy groups -OCH3 is 1. The first-order chi connectivity index (χ1) is 27.9. The van der Waals surface area contributed by atoms with Crippen LogP contribution in [0.3, 0.4) is 0 Å². The highest BCUT2D eigenvalue weighted by Crippen LogP contribution is 2.28. The second-order valence-electron chi connectivity index (χ2n) is 17.8. The van der Waals surface area contributed by atoms with Crippen LogP contribution in [0.15, 0.2) is 0 Å². The Labute approximate surface area is 356 Å². The molecule has 0 aromatic rings. The van der Waals surface area contributed by atoms with E-state index in [1.807, 2.05) is 0 Å². The molecule has 3 atom stereocenters. The Morgan fingerprint density at radius 2 is 0.772 bits per heavy atom. The summed E-state index contributed by atoms with van der Waals surface area (Å²) in [5, 5.41) is 9.72. The first kappa shape index (κ1) is 56.5. The molecule has 57 heavy (non-hydrogen) atoms. The van der Waals surface area contributed by atoms with Crippen LogP contribution in [0.25, 0.3) is 0 Å². The van der Waals surface area contributed by atoms with Gasteiger partial charge in [0.15, 0.2) is 12.1 Å². The number of ether oxygens (including phenoxy) is 3. The van der Waals surface area contributed by atoms with Gasteiger partial charge in [-0.1, -0.05) is 208 Å². The molecule has 0 radical (unpaired) electrons. The molecule has 0 rings (SSSR count). The summed E-state index contributed by atoms with van der Waals surface area (Å²) in [4.78, 5) is 17.9. The maximum Gasteiger partial charge on any atom is 0.191 e. The van der Waals surface area contributed by atoms with Crippen LogP contribution in [0, 0.1) is 0 Å². The smallest absolute Gasteiger partial charge is 0.191 e. The highest BCUT2D eigenvalue weighted by molar-refractivity contribution is 5.87. The van der Waals surface area contributed by atoms with Gasteiger partial charge in [-0.2, -0.15) is 0 Å². The molecule has 6 heteroatoms. The normalized spacial score (nSPS) is 13.8. The fourth-order valence-corrected chi connectivity index (χ4v) is 8.93. The molecule has 0 aliphatic rings. The number of hydrogen-bond donors (Lipinski definition) is 1. The fourth-order valence-electron chi connectivity index (χ4n) is 8.93. The van der Waals surface area contributed by atoms with Crippen molar-refractivity contribution >= 4 is 5.78 Å². The molecule has 0 saturated carbocycles. The predicted octanol–water partition coefficient (Wildman–Crippen LogP) is 16.8. The van der Waals surface area contributed by atoms with Gasteiger partial charge >= 0.3 is 0 Å². The molecular weight excluding hydrogens is 709 g/mol. The van der Waals surface area contributed by atoms with E-state index in [2.05, 4.69) is 41.5 Å². The zero-order valence-electron chi connectivity index (χ0n) is 39.7. The van der Waals surface area contributed by atoms with Crippen LogP contribution in [0.1, 0.15) is 286 Å². The van der Waals surface area contributed by atoms with Crippen LogP contribution >= 0.6 is 0 Å². The summed E-state index contributed by atoms with van der Waals surface area (Å²) in [6, 6.07) is 0. The molecule has 342 valence electrons. The quantitative estimate of drug-likeness (QED) is 0.0286. The molecular formula is C51H102O6. The molecule has 0 aliphatic carbocycles. The molecule has 0 saturated heterocycles. The van der Waals surface area contributed by atoms with Gasteiger partial charge in [-0.05, 0) is 64.2 Å². The van der Waals surface area contributed by atoms with Gasteiger partial charge in [-0.15, -0.1) is 0 Å². The molecule has 0 aromatic carbocycles. The molecule has 0 heterocycles. The molecule has 0 bridgehead atoms. The minimum atomic E-state index is -0.551. The number of hydrogen-bond acceptors (Lipinski definition) is 6. The zero-order chi connectivity index (χ0) is 42.1. The summed E-state index contributed by atoms with van der Waals surface area (Å²) in [6.45, 7) is 13.4. The first-order valence-corrected chi connectivity index (χ1v) is 25.6. The number of ketones is 1. The Kier molecular flexibility index (Phi) is 41.8. The Balaban J connectivity index is 4.33. The topological polar surface area (TPSA) is 74.2 Å². The Morgan fingerprint density at radius 1 is 0.421 bits per heavy atom. The summed E-state index contributed by atoms with van der Waals surface area (Å²) in [5.41, 5.74) is -0.551. The van der Waals surface area contributed by atoms with Crippen molar-refractivity contribution < 1.29 is 29.1 Å². The van der Waals surface area contributed by atoms with Crippen LogP contribution in [0.4, 0.5) is 0 Å². The van der Waals surface area contributed by atoms with Crippen LogP contribution in [-0.2, 0) is 23.9 Å². The predicted molar refractivity (Wildman–Crippen MR) is 245 cm³/mol. The summed E-state index contributed by atoms with van der Waals surface area (Å²) < 4.78 is 18.9. The van der Waals surface area contributed by atoms with Gasteiger partial charge in [-0.25, -0.2) is 10.1 Å². The van der Waals surface area contributed by atoms with Gasteiger partial charge < -0.3 is 14.2 Å². The van der Waals surface area contributed by atoms with E-state index >= 15 is 0 Å². The highest BCUT2D eigenvalue weighted by Gasteiger charge is 2.35. The van der Waals surface area contributed by atoms with Crippen molar-refractivity contribution in [3.05, 3.63) is 0 Å². The van der Waals surface area contributed by atoms with Crippen molar-refractivity contribution in [1.82, 2.24) is 0 Å². The summed E-state index contributed by atoms with van der Waals surface area (Å²) in [7, 11) is 1.71. The molecule has 0 aliphatic heterocycles. The number of carbonyl (C=O) groups excluding carboxylic acids is 1. The zero-order valence-corrected chi connectivity index (χ0v) is 39.7. The number of Topliss-reactive ketones (excluding diaryl/α,β-unsaturated/α-hetero) is 1. The van der Waals surface area contributed by atoms with Gasteiger partial charge in [0.2, 0.25) is 0 Å². The van der Waals surface area contributed by atoms with Gasteiger partial charge in [0, 0.05) is 20.0 Å². The molecule has 3 unspecified atom stereocenters. The maximum absolute atomic E-state index is 13.0. The lowest BCUT2D eigenvalue weighted by Crippen LogP contribution is -2.40. The standard InChI is InChI=1S/C51H102O6/c1-8-14-16-30-38-47(55-46(36-10-3)37-11-4)39-32-26-22-19-21-25-29-35-43-50(57-53)56-48(40-31-17-15-9-2)41-33-27-23-18-20-24-28-34-42-49(52)51(54-7,44-12-5)45-13-6/h46-48,50,53H,8-45H2,1-7H3. The van der Waals surface area contributed by atoms with E-state index in [1.165, 1.54) is 173 Å². The van der Waals surface area contributed by atoms with Crippen LogP contribution < -0.4 is 0 Å². The minimum absolute atomic E-state index is 0.168. The molecule has 0 amide bonds. The van der Waals surface area contributed by atoms with Gasteiger partial charge in [0.25, 0.3) is 0 Å². The average Bonchev–Trinajstić information content (AvgIpc) is 3.21. The van der Waals surface area contributed by atoms with E-state index in [0.717, 1.165) is 64.2 Å². The number of carbonyl (C=O) groups is 1. The average molecular weight is 811 g/mol. The van der Waals surface area contributed by atoms with E-state index in [4.69, 9.17) is 19.1 Å². The lowest BCUT2D eigenvalue weighted by molar-refractivity contribution is -0.356. The third-order valence-electron chi connectivity index (χ3n) is 12.4. The van der Waals surface area contributed by atoms with Crippen LogP contribution in [-0.4, -0.2) is 48.4 Å². The van der Waals surface area contributed by atoms with Crippen molar-refractivity contribution in [2.75, 3.05) is 7.11 Å². The number of unbranched alkanes of at least 4 members (excludes halogenated alkanes) is 20. The van der Waals surface area contributed by atoms with Gasteiger partial charge in [0.05, 0.1) is 18.3 Å². The second kappa shape index (κ2) is 42.2. The van der Waals surface area contributed by atoms with E-state index in [0.29, 0.717) is 24.4 Å². The molecule has 6 nitrogen and oxygen atoms in total. The third-order valence-corrected chi connectivity index (χ3v) is 12.4. The molecule has 0 spiro atoms. The second-order valence-corrected chi connectivity index (χ2v) is 17.8. The van der Waals surface area contributed by atoms with Crippen molar-refractivity contribution in [2.45, 2.75) is 316 Å². The third kappa shape index (κ3) is 31.9. The minimum Gasteiger partial charge on any atom is -0.375 e. The van der Waals surface area contributed by atoms with Crippen molar-refractivity contribution in [3.8, 4) is 0 Å². The lowest BCUT2D eigenvalue weighted by Gasteiger charge is -2.30. The van der Waals surface area contributed by atoms with E-state index in [-0.39, 0.29) is 6.10 Å². The van der Waals surface area contributed by atoms with Crippen molar-refractivity contribution in [2.24, 2.45) is 0 Å². The monoisotopic (exact) mass is 811 g/mol. The van der Waals surface area contributed by atoms with E-state index < -0.39 is 11.9 Å².